The lowest BCUT2D eigenvalue weighted by Gasteiger charge is -2.12. The fourth-order valence-electron chi connectivity index (χ4n) is 0.774. The van der Waals surface area contributed by atoms with Crippen LogP contribution >= 0.6 is 0 Å². The van der Waals surface area contributed by atoms with Crippen LogP contribution in [0.1, 0.15) is 34.1 Å². The van der Waals surface area contributed by atoms with Crippen LogP contribution in [0.4, 0.5) is 0 Å². The zero-order chi connectivity index (χ0) is 10.5. The summed E-state index contributed by atoms with van der Waals surface area (Å²) in [5, 5.41) is 2.58. The molecule has 0 radical (unpaired) electrons. The van der Waals surface area contributed by atoms with Gasteiger partial charge >= 0.3 is 0 Å². The molecule has 0 aliphatic heterocycles. The zero-order valence-electron chi connectivity index (χ0n) is 9.22. The molecule has 3 nitrogen and oxygen atoms in total. The average Bonchev–Trinajstić information content (AvgIpc) is 1.99. The van der Waals surface area contributed by atoms with Crippen molar-refractivity contribution in [2.45, 2.75) is 40.2 Å². The van der Waals surface area contributed by atoms with E-state index in [-0.39, 0.29) is 17.4 Å². The Kier molecular flexibility index (Phi) is 4.67. The first-order chi connectivity index (χ1) is 5.85. The van der Waals surface area contributed by atoms with Crippen LogP contribution in [0.15, 0.2) is 4.99 Å². The van der Waals surface area contributed by atoms with Crippen molar-refractivity contribution in [3.8, 4) is 0 Å². The molecule has 0 aromatic heterocycles. The first-order valence-corrected chi connectivity index (χ1v) is 4.60. The Morgan fingerprint density at radius 2 is 2.08 bits per heavy atom. The quantitative estimate of drug-likeness (QED) is 0.665. The second-order valence-corrected chi connectivity index (χ2v) is 4.37. The number of hydrogen-bond donors (Lipinski definition) is 1. The molecule has 13 heavy (non-hydrogen) atoms. The molecule has 76 valence electrons. The van der Waals surface area contributed by atoms with Gasteiger partial charge in [0.05, 0.1) is 6.04 Å². The van der Waals surface area contributed by atoms with Crippen LogP contribution in [0.2, 0.25) is 0 Å². The fraction of sp³-hybridized carbons (Fsp3) is 0.800. The molecule has 0 spiro atoms. The van der Waals surface area contributed by atoms with Crippen molar-refractivity contribution in [3.63, 3.8) is 0 Å². The van der Waals surface area contributed by atoms with Crippen LogP contribution in [0, 0.1) is 5.41 Å². The third kappa shape index (κ3) is 7.50. The predicted octanol–water partition coefficient (Wildman–Crippen LogP) is 1.63. The number of hydrogen-bond acceptors (Lipinski definition) is 2. The van der Waals surface area contributed by atoms with E-state index in [4.69, 9.17) is 0 Å². The van der Waals surface area contributed by atoms with Gasteiger partial charge in [-0.25, -0.2) is 0 Å². The molecular formula is C10H20N2O. The van der Waals surface area contributed by atoms with Crippen LogP contribution in [0.25, 0.3) is 0 Å². The second-order valence-electron chi connectivity index (χ2n) is 4.37. The third-order valence-corrected chi connectivity index (χ3v) is 1.48. The van der Waals surface area contributed by atoms with Gasteiger partial charge in [-0.3, -0.25) is 9.79 Å². The molecule has 0 aromatic rings. The fourth-order valence-corrected chi connectivity index (χ4v) is 0.774. The van der Waals surface area contributed by atoms with E-state index in [1.165, 1.54) is 0 Å². The number of amides is 1. The summed E-state index contributed by atoms with van der Waals surface area (Å²) in [5.74, 6) is 0.0403. The van der Waals surface area contributed by atoms with E-state index in [1.54, 1.807) is 7.05 Å². The minimum Gasteiger partial charge on any atom is -0.359 e. The summed E-state index contributed by atoms with van der Waals surface area (Å²) in [5.41, 5.74) is 0.0942. The highest BCUT2D eigenvalue weighted by Crippen LogP contribution is 2.09. The summed E-state index contributed by atoms with van der Waals surface area (Å²) < 4.78 is 0. The monoisotopic (exact) mass is 184 g/mol. The van der Waals surface area contributed by atoms with E-state index in [0.29, 0.717) is 6.42 Å². The number of rotatable bonds is 3. The summed E-state index contributed by atoms with van der Waals surface area (Å²) in [6, 6.07) is 0.0687. The Balaban J connectivity index is 3.94. The van der Waals surface area contributed by atoms with Crippen molar-refractivity contribution in [1.29, 1.82) is 0 Å². The molecule has 3 heteroatoms. The van der Waals surface area contributed by atoms with Gasteiger partial charge in [-0.1, -0.05) is 20.8 Å². The van der Waals surface area contributed by atoms with Gasteiger partial charge in [-0.15, -0.1) is 0 Å². The van der Waals surface area contributed by atoms with Crippen LogP contribution in [-0.2, 0) is 4.79 Å². The van der Waals surface area contributed by atoms with E-state index >= 15 is 0 Å². The minimum atomic E-state index is 0.0403. The molecule has 0 aromatic carbocycles. The van der Waals surface area contributed by atoms with Crippen LogP contribution in [-0.4, -0.2) is 25.2 Å². The summed E-state index contributed by atoms with van der Waals surface area (Å²) >= 11 is 0. The lowest BCUT2D eigenvalue weighted by molar-refractivity contribution is -0.120. The van der Waals surface area contributed by atoms with Gasteiger partial charge in [0.2, 0.25) is 5.91 Å². The first-order valence-electron chi connectivity index (χ1n) is 4.60. The van der Waals surface area contributed by atoms with Crippen molar-refractivity contribution in [1.82, 2.24) is 5.32 Å². The summed E-state index contributed by atoms with van der Waals surface area (Å²) in [6.45, 7) is 8.20. The van der Waals surface area contributed by atoms with E-state index in [9.17, 15) is 4.79 Å². The van der Waals surface area contributed by atoms with Crippen LogP contribution in [0.5, 0.6) is 0 Å². The average molecular weight is 184 g/mol. The normalized spacial score (nSPS) is 14.5. The number of carbonyl (C=O) groups is 1. The van der Waals surface area contributed by atoms with Gasteiger partial charge in [-0.2, -0.15) is 0 Å². The van der Waals surface area contributed by atoms with E-state index in [0.717, 1.165) is 0 Å². The van der Waals surface area contributed by atoms with Crippen molar-refractivity contribution >= 4 is 12.1 Å². The molecule has 0 saturated heterocycles. The minimum absolute atomic E-state index is 0.0403. The van der Waals surface area contributed by atoms with Crippen LogP contribution < -0.4 is 5.32 Å². The first kappa shape index (κ1) is 12.1. The number of nitrogens with one attached hydrogen (secondary N) is 1. The maximum absolute atomic E-state index is 11.0. The number of carbonyl (C=O) groups excluding carboxylic acids is 1. The Morgan fingerprint density at radius 3 is 2.46 bits per heavy atom. The summed E-state index contributed by atoms with van der Waals surface area (Å²) in [7, 11) is 1.64. The Morgan fingerprint density at radius 1 is 1.54 bits per heavy atom. The molecule has 1 amide bonds. The highest BCUT2D eigenvalue weighted by Gasteiger charge is 2.08. The molecular weight excluding hydrogens is 164 g/mol. The molecule has 0 saturated carbocycles. The SMILES string of the molecule is CNC(=O)CC(C)N=CC(C)(C)C. The van der Waals surface area contributed by atoms with Crippen molar-refractivity contribution < 1.29 is 4.79 Å². The van der Waals surface area contributed by atoms with Gasteiger partial charge in [0.15, 0.2) is 0 Å². The second kappa shape index (κ2) is 5.00. The van der Waals surface area contributed by atoms with Gasteiger partial charge in [0.25, 0.3) is 0 Å². The summed E-state index contributed by atoms with van der Waals surface area (Å²) in [6.07, 6.45) is 2.36. The third-order valence-electron chi connectivity index (χ3n) is 1.48. The molecule has 1 N–H and O–H groups in total. The lowest BCUT2D eigenvalue weighted by atomic mass is 9.99. The Bertz CT molecular complexity index is 192. The summed E-state index contributed by atoms with van der Waals surface area (Å²) in [4.78, 5) is 15.3. The molecule has 1 unspecified atom stereocenters. The van der Waals surface area contributed by atoms with Crippen molar-refractivity contribution in [2.75, 3.05) is 7.05 Å². The van der Waals surface area contributed by atoms with Gasteiger partial charge in [0.1, 0.15) is 0 Å². The van der Waals surface area contributed by atoms with E-state index in [2.05, 4.69) is 31.1 Å². The predicted molar refractivity (Wildman–Crippen MR) is 56.1 cm³/mol. The van der Waals surface area contributed by atoms with Gasteiger partial charge in [-0.05, 0) is 12.3 Å². The van der Waals surface area contributed by atoms with Gasteiger partial charge in [0, 0.05) is 19.7 Å². The van der Waals surface area contributed by atoms with E-state index in [1.807, 2.05) is 13.1 Å². The molecule has 0 rings (SSSR count). The maximum atomic E-state index is 11.0. The Hall–Kier alpha value is -0.860. The van der Waals surface area contributed by atoms with Crippen LogP contribution in [0.3, 0.4) is 0 Å². The smallest absolute Gasteiger partial charge is 0.221 e. The van der Waals surface area contributed by atoms with Crippen molar-refractivity contribution in [3.05, 3.63) is 0 Å². The van der Waals surface area contributed by atoms with Crippen molar-refractivity contribution in [2.24, 2.45) is 10.4 Å². The highest BCUT2D eigenvalue weighted by molar-refractivity contribution is 5.76. The number of aliphatic imine (C=N–C) groups is 1. The van der Waals surface area contributed by atoms with Gasteiger partial charge < -0.3 is 5.32 Å². The van der Waals surface area contributed by atoms with E-state index < -0.39 is 0 Å². The topological polar surface area (TPSA) is 41.5 Å². The molecule has 0 aliphatic rings. The number of nitrogens with zero attached hydrogens (tertiary/aromatic N) is 1. The molecule has 0 fully saturated rings. The molecule has 0 aliphatic carbocycles. The molecule has 0 bridgehead atoms. The Labute approximate surface area is 80.6 Å². The maximum Gasteiger partial charge on any atom is 0.221 e. The standard InChI is InChI=1S/C10H20N2O/c1-8(6-9(13)11-5)12-7-10(2,3)4/h7-8H,6H2,1-5H3,(H,11,13). The largest absolute Gasteiger partial charge is 0.359 e. The lowest BCUT2D eigenvalue weighted by Crippen LogP contribution is -2.22. The zero-order valence-corrected chi connectivity index (χ0v) is 9.22. The molecule has 0 heterocycles. The highest BCUT2D eigenvalue weighted by atomic mass is 16.1. The molecule has 1 atom stereocenters.